The van der Waals surface area contributed by atoms with E-state index in [-0.39, 0.29) is 0 Å². The van der Waals surface area contributed by atoms with Crippen molar-refractivity contribution in [3.05, 3.63) is 71.3 Å². The van der Waals surface area contributed by atoms with Crippen molar-refractivity contribution in [3.63, 3.8) is 0 Å². The summed E-state index contributed by atoms with van der Waals surface area (Å²) in [5.41, 5.74) is 1.11. The predicted molar refractivity (Wildman–Crippen MR) is 95.8 cm³/mol. The average Bonchev–Trinajstić information content (AvgIpc) is 2.61. The molecular weight excluding hydrogens is 359 g/mol. The molecule has 0 saturated carbocycles. The first-order valence-corrected chi connectivity index (χ1v) is 8.09. The molecule has 0 spiro atoms. The van der Waals surface area contributed by atoms with Crippen molar-refractivity contribution in [2.45, 2.75) is 26.1 Å². The summed E-state index contributed by atoms with van der Waals surface area (Å²) in [7, 11) is 0. The fourth-order valence-corrected chi connectivity index (χ4v) is 2.16. The maximum Gasteiger partial charge on any atom is 0.416 e. The zero-order valence-electron chi connectivity index (χ0n) is 14.7. The molecule has 1 N–H and O–H groups in total. The van der Waals surface area contributed by atoms with E-state index in [9.17, 15) is 22.8 Å². The number of nitrogens with one attached hydrogen (secondary N) is 1. The van der Waals surface area contributed by atoms with E-state index in [2.05, 4.69) is 5.32 Å². The van der Waals surface area contributed by atoms with Gasteiger partial charge in [-0.3, -0.25) is 4.79 Å². The Balaban J connectivity index is 1.91. The summed E-state index contributed by atoms with van der Waals surface area (Å²) in [6.45, 7) is 3.26. The van der Waals surface area contributed by atoms with E-state index in [0.29, 0.717) is 11.3 Å². The minimum absolute atomic E-state index is 0.400. The number of carbonyl (C=O) groups is 2. The number of hydrogen-bond acceptors (Lipinski definition) is 3. The van der Waals surface area contributed by atoms with Crippen molar-refractivity contribution >= 4 is 23.6 Å². The highest BCUT2D eigenvalue weighted by Gasteiger charge is 2.29. The second kappa shape index (κ2) is 8.53. The van der Waals surface area contributed by atoms with E-state index in [1.54, 1.807) is 12.1 Å². The molecule has 0 saturated heterocycles. The smallest absolute Gasteiger partial charge is 0.416 e. The molecule has 1 unspecified atom stereocenters. The Morgan fingerprint density at radius 1 is 1.07 bits per heavy atom. The lowest BCUT2D eigenvalue weighted by atomic mass is 10.1. The summed E-state index contributed by atoms with van der Waals surface area (Å²) in [6, 6.07) is 11.5. The van der Waals surface area contributed by atoms with Gasteiger partial charge in [0.1, 0.15) is 0 Å². The van der Waals surface area contributed by atoms with E-state index in [1.807, 2.05) is 19.1 Å². The van der Waals surface area contributed by atoms with Crippen molar-refractivity contribution in [1.29, 1.82) is 0 Å². The molecule has 1 atom stereocenters. The second-order valence-electron chi connectivity index (χ2n) is 5.84. The van der Waals surface area contributed by atoms with Gasteiger partial charge in [0.2, 0.25) is 0 Å². The number of anilines is 1. The molecular formula is C20H18F3NO3. The van der Waals surface area contributed by atoms with Gasteiger partial charge in [0.15, 0.2) is 6.10 Å². The summed E-state index contributed by atoms with van der Waals surface area (Å²) in [4.78, 5) is 23.9. The normalized spacial score (nSPS) is 12.6. The van der Waals surface area contributed by atoms with Gasteiger partial charge in [-0.25, -0.2) is 4.79 Å². The van der Waals surface area contributed by atoms with E-state index in [1.165, 1.54) is 25.1 Å². The number of benzene rings is 2. The molecule has 0 aromatic heterocycles. The van der Waals surface area contributed by atoms with Gasteiger partial charge < -0.3 is 10.1 Å². The van der Waals surface area contributed by atoms with Gasteiger partial charge in [0.05, 0.1) is 5.56 Å². The Kier molecular flexibility index (Phi) is 6.39. The number of hydrogen-bond donors (Lipinski definition) is 1. The van der Waals surface area contributed by atoms with Crippen LogP contribution in [0.1, 0.15) is 23.6 Å². The summed E-state index contributed by atoms with van der Waals surface area (Å²) < 4.78 is 42.5. The van der Waals surface area contributed by atoms with Crippen LogP contribution in [0.2, 0.25) is 0 Å². The maximum atomic E-state index is 12.5. The van der Waals surface area contributed by atoms with Crippen LogP contribution in [0, 0.1) is 6.92 Å². The highest BCUT2D eigenvalue weighted by molar-refractivity contribution is 5.97. The standard InChI is InChI=1S/C20H18F3NO3/c1-13-5-3-4-6-17(13)24-19(26)14(2)27-18(25)12-9-15-7-10-16(11-8-15)20(21,22)23/h3-12,14H,1-2H3,(H,24,26)/b12-9+. The van der Waals surface area contributed by atoms with Gasteiger partial charge in [0, 0.05) is 11.8 Å². The largest absolute Gasteiger partial charge is 0.449 e. The number of para-hydroxylation sites is 1. The molecule has 0 bridgehead atoms. The van der Waals surface area contributed by atoms with Crippen LogP contribution < -0.4 is 5.32 Å². The van der Waals surface area contributed by atoms with Crippen LogP contribution in [-0.4, -0.2) is 18.0 Å². The number of aryl methyl sites for hydroxylation is 1. The van der Waals surface area contributed by atoms with E-state index in [4.69, 9.17) is 4.74 Å². The molecule has 0 fully saturated rings. The monoisotopic (exact) mass is 377 g/mol. The molecule has 0 aliphatic carbocycles. The van der Waals surface area contributed by atoms with Crippen LogP contribution in [0.5, 0.6) is 0 Å². The molecule has 0 heterocycles. The Morgan fingerprint density at radius 3 is 2.30 bits per heavy atom. The third-order valence-corrected chi connectivity index (χ3v) is 3.71. The Morgan fingerprint density at radius 2 is 1.70 bits per heavy atom. The van der Waals surface area contributed by atoms with Crippen LogP contribution >= 0.6 is 0 Å². The van der Waals surface area contributed by atoms with Crippen molar-refractivity contribution in [1.82, 2.24) is 0 Å². The number of esters is 1. The number of carbonyl (C=O) groups excluding carboxylic acids is 2. The quantitative estimate of drug-likeness (QED) is 0.612. The average molecular weight is 377 g/mol. The van der Waals surface area contributed by atoms with Gasteiger partial charge in [-0.1, -0.05) is 30.3 Å². The predicted octanol–water partition coefficient (Wildman–Crippen LogP) is 4.60. The number of amides is 1. The summed E-state index contributed by atoms with van der Waals surface area (Å²) >= 11 is 0. The highest BCUT2D eigenvalue weighted by Crippen LogP contribution is 2.29. The number of ether oxygens (including phenoxy) is 1. The second-order valence-corrected chi connectivity index (χ2v) is 5.84. The Hall–Kier alpha value is -3.09. The molecule has 1 amide bonds. The Bertz CT molecular complexity index is 842. The molecule has 2 aromatic rings. The lowest BCUT2D eigenvalue weighted by molar-refractivity contribution is -0.148. The third-order valence-electron chi connectivity index (χ3n) is 3.71. The van der Waals surface area contributed by atoms with Gasteiger partial charge in [-0.05, 0) is 49.2 Å². The molecule has 2 aromatic carbocycles. The number of halogens is 3. The number of alkyl halides is 3. The molecule has 27 heavy (non-hydrogen) atoms. The van der Waals surface area contributed by atoms with Crippen LogP contribution in [0.4, 0.5) is 18.9 Å². The molecule has 0 radical (unpaired) electrons. The first-order chi connectivity index (χ1) is 12.7. The molecule has 142 valence electrons. The van der Waals surface area contributed by atoms with Crippen LogP contribution in [-0.2, 0) is 20.5 Å². The SMILES string of the molecule is Cc1ccccc1NC(=O)C(C)OC(=O)/C=C/c1ccc(C(F)(F)F)cc1. The van der Waals surface area contributed by atoms with Gasteiger partial charge in [-0.15, -0.1) is 0 Å². The zero-order chi connectivity index (χ0) is 20.0. The van der Waals surface area contributed by atoms with Gasteiger partial charge in [-0.2, -0.15) is 13.2 Å². The summed E-state index contributed by atoms with van der Waals surface area (Å²) in [5, 5.41) is 2.66. The fraction of sp³-hybridized carbons (Fsp3) is 0.200. The maximum absolute atomic E-state index is 12.5. The van der Waals surface area contributed by atoms with E-state index >= 15 is 0 Å². The minimum Gasteiger partial charge on any atom is -0.449 e. The summed E-state index contributed by atoms with van der Waals surface area (Å²) in [5.74, 6) is -1.26. The van der Waals surface area contributed by atoms with Crippen molar-refractivity contribution in [2.75, 3.05) is 5.32 Å². The molecule has 7 heteroatoms. The van der Waals surface area contributed by atoms with Crippen LogP contribution in [0.3, 0.4) is 0 Å². The molecule has 2 rings (SSSR count). The Labute approximate surface area is 154 Å². The van der Waals surface area contributed by atoms with Crippen molar-refractivity contribution in [2.24, 2.45) is 0 Å². The lowest BCUT2D eigenvalue weighted by Gasteiger charge is -2.13. The molecule has 4 nitrogen and oxygen atoms in total. The van der Waals surface area contributed by atoms with Gasteiger partial charge in [0.25, 0.3) is 5.91 Å². The zero-order valence-corrected chi connectivity index (χ0v) is 14.7. The van der Waals surface area contributed by atoms with Crippen LogP contribution in [0.15, 0.2) is 54.6 Å². The van der Waals surface area contributed by atoms with E-state index in [0.717, 1.165) is 23.8 Å². The third kappa shape index (κ3) is 5.99. The fourth-order valence-electron chi connectivity index (χ4n) is 2.16. The number of rotatable bonds is 5. The topological polar surface area (TPSA) is 55.4 Å². The minimum atomic E-state index is -4.42. The highest BCUT2D eigenvalue weighted by atomic mass is 19.4. The first-order valence-electron chi connectivity index (χ1n) is 8.09. The lowest BCUT2D eigenvalue weighted by Crippen LogP contribution is -2.29. The van der Waals surface area contributed by atoms with Crippen LogP contribution in [0.25, 0.3) is 6.08 Å². The molecule has 0 aliphatic rings. The van der Waals surface area contributed by atoms with Crippen molar-refractivity contribution in [3.8, 4) is 0 Å². The summed E-state index contributed by atoms with van der Waals surface area (Å²) in [6.07, 6.45) is -3.08. The molecule has 0 aliphatic heterocycles. The van der Waals surface area contributed by atoms with E-state index < -0.39 is 29.7 Å². The van der Waals surface area contributed by atoms with Crippen molar-refractivity contribution < 1.29 is 27.5 Å². The van der Waals surface area contributed by atoms with Gasteiger partial charge >= 0.3 is 12.1 Å². The first kappa shape index (κ1) is 20.2.